The molecule has 56 heavy (non-hydrogen) atoms. The lowest BCUT2D eigenvalue weighted by atomic mass is 9.55. The van der Waals surface area contributed by atoms with Gasteiger partial charge in [-0.1, -0.05) is 144 Å². The number of hydrogen-bond donors (Lipinski definition) is 0. The van der Waals surface area contributed by atoms with Gasteiger partial charge in [0.15, 0.2) is 0 Å². The van der Waals surface area contributed by atoms with Crippen LogP contribution in [0, 0.1) is 35.5 Å². The van der Waals surface area contributed by atoms with Gasteiger partial charge in [-0.3, -0.25) is 0 Å². The molecule has 0 radical (unpaired) electrons. The van der Waals surface area contributed by atoms with Gasteiger partial charge in [0, 0.05) is 0 Å². The van der Waals surface area contributed by atoms with Crippen molar-refractivity contribution >= 4 is 15.8 Å². The maximum Gasteiger partial charge on any atom is -0.00601 e. The van der Waals surface area contributed by atoms with E-state index in [2.05, 4.69) is 128 Å². The molecule has 11 rings (SSSR count). The Morgan fingerprint density at radius 1 is 0.500 bits per heavy atom. The molecule has 0 saturated heterocycles. The first-order valence-corrected chi connectivity index (χ1v) is 26.5. The highest BCUT2D eigenvalue weighted by Crippen LogP contribution is 2.80. The Morgan fingerprint density at radius 2 is 0.821 bits per heavy atom. The molecule has 8 aliphatic carbocycles. The molecule has 8 aliphatic rings. The number of rotatable bonds is 12. The third-order valence-corrected chi connectivity index (χ3v) is 24.6. The first kappa shape index (κ1) is 40.0. The molecule has 8 saturated carbocycles. The van der Waals surface area contributed by atoms with Crippen LogP contribution in [0.1, 0.15) is 178 Å². The van der Waals surface area contributed by atoms with Crippen molar-refractivity contribution < 1.29 is 0 Å². The summed E-state index contributed by atoms with van der Waals surface area (Å²) in [6.45, 7) is 20.5. The van der Waals surface area contributed by atoms with E-state index in [1.54, 1.807) is 93.7 Å². The smallest absolute Gasteiger partial charge is 0.00601 e. The molecule has 0 spiro atoms. The number of hydrogen-bond acceptors (Lipinski definition) is 0. The van der Waals surface area contributed by atoms with Crippen molar-refractivity contribution in [3.05, 3.63) is 106 Å². The van der Waals surface area contributed by atoms with E-state index in [1.165, 1.54) is 23.5 Å². The van der Waals surface area contributed by atoms with Crippen LogP contribution in [-0.4, -0.2) is 20.6 Å². The Morgan fingerprint density at radius 3 is 1.14 bits per heavy atom. The fourth-order valence-electron chi connectivity index (χ4n) is 15.5. The highest BCUT2D eigenvalue weighted by atomic mass is 31.1. The third kappa shape index (κ3) is 7.94. The Hall–Kier alpha value is -1.48. The van der Waals surface area contributed by atoms with Crippen molar-refractivity contribution in [1.82, 2.24) is 0 Å². The predicted molar refractivity (Wildman–Crippen MR) is 246 cm³/mol. The van der Waals surface area contributed by atoms with Crippen molar-refractivity contribution in [3.63, 3.8) is 0 Å². The maximum atomic E-state index is 2.93. The van der Waals surface area contributed by atoms with Gasteiger partial charge in [0.1, 0.15) is 0 Å². The van der Waals surface area contributed by atoms with Crippen molar-refractivity contribution in [2.75, 3.05) is 0 Å². The second kappa shape index (κ2) is 15.2. The van der Waals surface area contributed by atoms with Gasteiger partial charge in [-0.25, -0.2) is 0 Å². The third-order valence-electron chi connectivity index (χ3n) is 16.7. The van der Waals surface area contributed by atoms with E-state index in [-0.39, 0.29) is 15.8 Å². The molecule has 0 nitrogen and oxygen atoms in total. The fraction of sp³-hybridized carbons (Fsp3) is 0.667. The van der Waals surface area contributed by atoms with Crippen molar-refractivity contribution in [2.24, 2.45) is 35.5 Å². The molecule has 302 valence electrons. The monoisotopic (exact) mass is 787 g/mol. The summed E-state index contributed by atoms with van der Waals surface area (Å²) in [5.74, 6) is 7.22. The Balaban J connectivity index is 1.20. The predicted octanol–water partition coefficient (Wildman–Crippen LogP) is 15.9. The van der Waals surface area contributed by atoms with Crippen LogP contribution >= 0.6 is 15.8 Å². The molecule has 3 aromatic carbocycles. The normalized spacial score (nSPS) is 33.6. The first-order chi connectivity index (χ1) is 26.6. The molecule has 8 bridgehead atoms. The van der Waals surface area contributed by atoms with E-state index in [1.807, 2.05) is 5.56 Å². The molecule has 2 atom stereocenters. The second-order valence-corrected chi connectivity index (χ2v) is 30.2. The average molecular weight is 787 g/mol. The van der Waals surface area contributed by atoms with Gasteiger partial charge in [-0.2, -0.15) is 0 Å². The zero-order valence-electron chi connectivity index (χ0n) is 36.8. The van der Waals surface area contributed by atoms with Crippen LogP contribution in [0.25, 0.3) is 0 Å². The summed E-state index contributed by atoms with van der Waals surface area (Å²) >= 11 is 0. The van der Waals surface area contributed by atoms with Gasteiger partial charge in [0.05, 0.1) is 0 Å². The summed E-state index contributed by atoms with van der Waals surface area (Å²) in [6, 6.07) is 28.6. The van der Waals surface area contributed by atoms with E-state index in [4.69, 9.17) is 0 Å². The molecule has 0 heterocycles. The van der Waals surface area contributed by atoms with Crippen LogP contribution < -0.4 is 0 Å². The van der Waals surface area contributed by atoms with Crippen LogP contribution in [0.5, 0.6) is 0 Å². The van der Waals surface area contributed by atoms with E-state index < -0.39 is 0 Å². The topological polar surface area (TPSA) is 0 Å². The lowest BCUT2D eigenvalue weighted by molar-refractivity contribution is 0.0184. The first-order valence-electron chi connectivity index (χ1n) is 23.4. The van der Waals surface area contributed by atoms with Gasteiger partial charge in [0.25, 0.3) is 0 Å². The Bertz CT molecular complexity index is 1700. The summed E-state index contributed by atoms with van der Waals surface area (Å²) < 4.78 is 0. The second-order valence-electron chi connectivity index (χ2n) is 23.2. The molecule has 0 aliphatic heterocycles. The lowest BCUT2D eigenvalue weighted by Gasteiger charge is -2.67. The zero-order chi connectivity index (χ0) is 39.0. The maximum absolute atomic E-state index is 2.93. The van der Waals surface area contributed by atoms with Crippen LogP contribution in [0.3, 0.4) is 0 Å². The summed E-state index contributed by atoms with van der Waals surface area (Å²) in [5.41, 5.74) is 9.90. The highest BCUT2D eigenvalue weighted by Gasteiger charge is 2.62. The molecule has 2 unspecified atom stereocenters. The van der Waals surface area contributed by atoms with Crippen LogP contribution in [-0.2, 0) is 25.2 Å². The average Bonchev–Trinajstić information content (AvgIpc) is 3.11. The fourth-order valence-corrected chi connectivity index (χ4v) is 24.3. The minimum Gasteiger partial charge on any atom is -0.0911 e. The van der Waals surface area contributed by atoms with Gasteiger partial charge >= 0.3 is 0 Å². The largest absolute Gasteiger partial charge is 0.0911 e. The highest BCUT2D eigenvalue weighted by molar-refractivity contribution is 7.60. The molecular formula is C54H76P2. The molecule has 0 N–H and O–H groups in total. The Labute approximate surface area is 346 Å². The van der Waals surface area contributed by atoms with E-state index >= 15 is 0 Å². The molecule has 3 aromatic rings. The van der Waals surface area contributed by atoms with Gasteiger partial charge < -0.3 is 0 Å². The van der Waals surface area contributed by atoms with Gasteiger partial charge in [-0.15, -0.1) is 0 Å². The number of benzene rings is 3. The molecule has 0 aromatic heterocycles. The van der Waals surface area contributed by atoms with E-state index in [0.717, 1.165) is 48.3 Å². The van der Waals surface area contributed by atoms with Crippen LogP contribution in [0.4, 0.5) is 0 Å². The summed E-state index contributed by atoms with van der Waals surface area (Å²) in [6.07, 6.45) is 24.0. The summed E-state index contributed by atoms with van der Waals surface area (Å²) in [5, 5.41) is 1.93. The lowest BCUT2D eigenvalue weighted by Crippen LogP contribution is -2.56. The summed E-state index contributed by atoms with van der Waals surface area (Å²) in [7, 11) is -0.371. The summed E-state index contributed by atoms with van der Waals surface area (Å²) in [4.78, 5) is 0. The van der Waals surface area contributed by atoms with Crippen molar-refractivity contribution in [2.45, 2.75) is 190 Å². The molecule has 2 heteroatoms. The Kier molecular flexibility index (Phi) is 10.9. The van der Waals surface area contributed by atoms with Gasteiger partial charge in [0.2, 0.25) is 0 Å². The molecular weight excluding hydrogens is 711 g/mol. The molecule has 8 fully saturated rings. The minimum absolute atomic E-state index is 0.120. The van der Waals surface area contributed by atoms with E-state index in [9.17, 15) is 0 Å². The van der Waals surface area contributed by atoms with Crippen LogP contribution in [0.2, 0.25) is 0 Å². The van der Waals surface area contributed by atoms with E-state index in [0.29, 0.717) is 32.5 Å². The van der Waals surface area contributed by atoms with Crippen LogP contribution in [0.15, 0.2) is 72.8 Å². The molecule has 0 amide bonds. The van der Waals surface area contributed by atoms with Crippen molar-refractivity contribution in [1.29, 1.82) is 0 Å². The zero-order valence-corrected chi connectivity index (χ0v) is 38.5. The SMILES string of the molecule is CC(Cc1ccccc1)c1cc(CP(C(C)(C)C)C(C)(C)C)c(CP(C23CC4CC(CC(C4)C2)C3)C23CC4CC(CC(C4)C2)C3)cc1C(C)Cc1ccccc1. The standard InChI is InChI=1S/C54H76P2/c1-37(19-39-15-11-9-12-16-39)49-27-47(35-55(51(3,4)5)52(6,7)8)48(28-50(49)38(2)20-40-17-13-10-14-18-40)36-56(53-29-41-21-42(30-53)23-43(22-41)31-53)54-32-44-24-45(33-54)26-46(25-44)34-54/h9-18,27-28,37-38,41-46H,19-26,29-36H2,1-8H3. The van der Waals surface area contributed by atoms with Crippen molar-refractivity contribution in [3.8, 4) is 0 Å². The van der Waals surface area contributed by atoms with Gasteiger partial charge in [-0.05, 0) is 204 Å². The minimum atomic E-state index is -0.252. The quantitative estimate of drug-likeness (QED) is 0.160.